The first kappa shape index (κ1) is 14.5. The second-order valence-corrected chi connectivity index (χ2v) is 4.27. The summed E-state index contributed by atoms with van der Waals surface area (Å²) < 4.78 is 18.1. The summed E-state index contributed by atoms with van der Waals surface area (Å²) in [4.78, 5) is 9.98. The van der Waals surface area contributed by atoms with Gasteiger partial charge in [0.25, 0.3) is 5.69 Å². The van der Waals surface area contributed by atoms with Crippen molar-refractivity contribution in [1.29, 1.82) is 0 Å². The van der Waals surface area contributed by atoms with Gasteiger partial charge in [0.2, 0.25) is 0 Å². The Morgan fingerprint density at radius 2 is 2.22 bits per heavy atom. The van der Waals surface area contributed by atoms with Crippen molar-refractivity contribution in [1.82, 2.24) is 5.32 Å². The number of hydrogen-bond acceptors (Lipinski definition) is 4. The van der Waals surface area contributed by atoms with Crippen LogP contribution in [0.15, 0.2) is 18.2 Å². The van der Waals surface area contributed by atoms with E-state index in [2.05, 4.69) is 5.32 Å². The molecule has 0 radical (unpaired) electrons. The first-order chi connectivity index (χ1) is 8.52. The lowest BCUT2D eigenvalue weighted by molar-refractivity contribution is -0.385. The molecule has 1 atom stereocenters. The van der Waals surface area contributed by atoms with Crippen LogP contribution < -0.4 is 5.32 Å². The summed E-state index contributed by atoms with van der Waals surface area (Å²) in [5.74, 6) is -0.260. The second-order valence-electron chi connectivity index (χ2n) is 4.27. The summed E-state index contributed by atoms with van der Waals surface area (Å²) in [6, 6.07) is 3.58. The van der Waals surface area contributed by atoms with Crippen LogP contribution in [0.5, 0.6) is 0 Å². The van der Waals surface area contributed by atoms with Gasteiger partial charge in [-0.25, -0.2) is 4.39 Å². The van der Waals surface area contributed by atoms with Gasteiger partial charge in [0, 0.05) is 32.9 Å². The van der Waals surface area contributed by atoms with Crippen LogP contribution in [0.25, 0.3) is 0 Å². The number of nitrogens with zero attached hydrogens (tertiary/aromatic N) is 1. The highest BCUT2D eigenvalue weighted by molar-refractivity contribution is 5.35. The van der Waals surface area contributed by atoms with Crippen molar-refractivity contribution in [3.05, 3.63) is 39.7 Å². The molecule has 0 aromatic heterocycles. The number of non-ortho nitro benzene ring substituents is 1. The summed E-state index contributed by atoms with van der Waals surface area (Å²) in [5, 5.41) is 13.7. The van der Waals surface area contributed by atoms with Crippen LogP contribution in [0.1, 0.15) is 12.5 Å². The van der Waals surface area contributed by atoms with Gasteiger partial charge in [-0.15, -0.1) is 0 Å². The van der Waals surface area contributed by atoms with Crippen molar-refractivity contribution in [3.63, 3.8) is 0 Å². The van der Waals surface area contributed by atoms with E-state index in [1.165, 1.54) is 12.1 Å². The topological polar surface area (TPSA) is 64.4 Å². The molecular weight excluding hydrogens is 239 g/mol. The molecule has 1 aromatic rings. The molecule has 1 unspecified atom stereocenters. The molecule has 0 aliphatic rings. The van der Waals surface area contributed by atoms with Gasteiger partial charge in [-0.3, -0.25) is 10.1 Å². The SMILES string of the molecule is COCC(C)CNCc1cc(F)cc([N+](=O)[O-])c1. The van der Waals surface area contributed by atoms with Gasteiger partial charge in [0.15, 0.2) is 0 Å². The Bertz CT molecular complexity index is 412. The molecule has 0 aliphatic carbocycles. The molecule has 0 spiro atoms. The van der Waals surface area contributed by atoms with Crippen molar-refractivity contribution in [3.8, 4) is 0 Å². The van der Waals surface area contributed by atoms with Crippen LogP contribution in [-0.4, -0.2) is 25.2 Å². The maximum Gasteiger partial charge on any atom is 0.272 e. The standard InChI is InChI=1S/C12H17FN2O3/c1-9(8-18-2)6-14-7-10-3-11(13)5-12(4-10)15(16)17/h3-5,9,14H,6-8H2,1-2H3. The van der Waals surface area contributed by atoms with Crippen LogP contribution in [0.2, 0.25) is 0 Å². The fourth-order valence-corrected chi connectivity index (χ4v) is 1.65. The lowest BCUT2D eigenvalue weighted by atomic mass is 10.1. The average Bonchev–Trinajstić information content (AvgIpc) is 2.28. The normalized spacial score (nSPS) is 12.4. The van der Waals surface area contributed by atoms with Gasteiger partial charge in [-0.05, 0) is 17.5 Å². The minimum Gasteiger partial charge on any atom is -0.384 e. The third-order valence-corrected chi connectivity index (χ3v) is 2.43. The monoisotopic (exact) mass is 256 g/mol. The van der Waals surface area contributed by atoms with Gasteiger partial charge < -0.3 is 10.1 Å². The summed E-state index contributed by atoms with van der Waals surface area (Å²) in [7, 11) is 1.63. The molecule has 1 aromatic carbocycles. The number of halogens is 1. The van der Waals surface area contributed by atoms with Crippen LogP contribution in [-0.2, 0) is 11.3 Å². The molecule has 0 amide bonds. The second kappa shape index (κ2) is 7.03. The number of hydrogen-bond donors (Lipinski definition) is 1. The molecule has 0 saturated heterocycles. The Kier molecular flexibility index (Phi) is 5.67. The molecule has 0 fully saturated rings. The predicted octanol–water partition coefficient (Wildman–Crippen LogP) is 2.11. The minimum absolute atomic E-state index is 0.225. The van der Waals surface area contributed by atoms with E-state index in [9.17, 15) is 14.5 Å². The molecule has 1 N–H and O–H groups in total. The van der Waals surface area contributed by atoms with E-state index in [1.54, 1.807) is 7.11 Å². The zero-order chi connectivity index (χ0) is 13.5. The van der Waals surface area contributed by atoms with Gasteiger partial charge in [-0.1, -0.05) is 6.92 Å². The minimum atomic E-state index is -0.597. The fraction of sp³-hybridized carbons (Fsp3) is 0.500. The lowest BCUT2D eigenvalue weighted by Gasteiger charge is -2.11. The molecule has 18 heavy (non-hydrogen) atoms. The quantitative estimate of drug-likeness (QED) is 0.599. The number of benzene rings is 1. The van der Waals surface area contributed by atoms with Crippen molar-refractivity contribution in [2.24, 2.45) is 5.92 Å². The average molecular weight is 256 g/mol. The molecule has 100 valence electrons. The van der Waals surface area contributed by atoms with Gasteiger partial charge >= 0.3 is 0 Å². The number of nitro groups is 1. The molecule has 1 rings (SSSR count). The molecule has 6 heteroatoms. The third kappa shape index (κ3) is 4.77. The van der Waals surface area contributed by atoms with E-state index in [4.69, 9.17) is 4.74 Å². The maximum absolute atomic E-state index is 13.1. The van der Waals surface area contributed by atoms with Gasteiger partial charge in [-0.2, -0.15) is 0 Å². The molecule has 5 nitrogen and oxygen atoms in total. The number of methoxy groups -OCH3 is 1. The lowest BCUT2D eigenvalue weighted by Crippen LogP contribution is -2.23. The Morgan fingerprint density at radius 1 is 1.50 bits per heavy atom. The van der Waals surface area contributed by atoms with E-state index < -0.39 is 10.7 Å². The van der Waals surface area contributed by atoms with Crippen molar-refractivity contribution >= 4 is 5.69 Å². The Morgan fingerprint density at radius 3 is 2.83 bits per heavy atom. The smallest absolute Gasteiger partial charge is 0.272 e. The number of nitrogens with one attached hydrogen (secondary N) is 1. The highest BCUT2D eigenvalue weighted by Crippen LogP contribution is 2.16. The van der Waals surface area contributed by atoms with Crippen molar-refractivity contribution < 1.29 is 14.1 Å². The molecule has 0 heterocycles. The highest BCUT2D eigenvalue weighted by atomic mass is 19.1. The van der Waals surface area contributed by atoms with E-state index in [0.717, 1.165) is 6.07 Å². The van der Waals surface area contributed by atoms with Gasteiger partial charge in [0.1, 0.15) is 5.82 Å². The Balaban J connectivity index is 2.54. The number of ether oxygens (including phenoxy) is 1. The third-order valence-electron chi connectivity index (χ3n) is 2.43. The van der Waals surface area contributed by atoms with Gasteiger partial charge in [0.05, 0.1) is 11.0 Å². The van der Waals surface area contributed by atoms with E-state index in [-0.39, 0.29) is 5.69 Å². The summed E-state index contributed by atoms with van der Waals surface area (Å²) in [6.45, 7) is 3.76. The fourth-order valence-electron chi connectivity index (χ4n) is 1.65. The number of rotatable bonds is 7. The van der Waals surface area contributed by atoms with Crippen molar-refractivity contribution in [2.45, 2.75) is 13.5 Å². The van der Waals surface area contributed by atoms with E-state index in [1.807, 2.05) is 6.92 Å². The first-order valence-electron chi connectivity index (χ1n) is 5.66. The maximum atomic E-state index is 13.1. The first-order valence-corrected chi connectivity index (χ1v) is 5.66. The van der Waals surface area contributed by atoms with Crippen LogP contribution in [0.3, 0.4) is 0 Å². The predicted molar refractivity (Wildman–Crippen MR) is 65.8 cm³/mol. The zero-order valence-electron chi connectivity index (χ0n) is 10.5. The summed E-state index contributed by atoms with van der Waals surface area (Å²) >= 11 is 0. The summed E-state index contributed by atoms with van der Waals surface area (Å²) in [6.07, 6.45) is 0. The van der Waals surface area contributed by atoms with Crippen LogP contribution in [0, 0.1) is 21.8 Å². The Hall–Kier alpha value is -1.53. The molecular formula is C12H17FN2O3. The number of nitro benzene ring substituents is 1. The van der Waals surface area contributed by atoms with Crippen LogP contribution >= 0.6 is 0 Å². The highest BCUT2D eigenvalue weighted by Gasteiger charge is 2.09. The van der Waals surface area contributed by atoms with Crippen molar-refractivity contribution in [2.75, 3.05) is 20.3 Å². The van der Waals surface area contributed by atoms with E-state index in [0.29, 0.717) is 31.2 Å². The van der Waals surface area contributed by atoms with Crippen LogP contribution in [0.4, 0.5) is 10.1 Å². The Labute approximate surface area is 105 Å². The zero-order valence-corrected chi connectivity index (χ0v) is 10.5. The molecule has 0 aliphatic heterocycles. The molecule has 0 bridgehead atoms. The summed E-state index contributed by atoms with van der Waals surface area (Å²) in [5.41, 5.74) is 0.336. The largest absolute Gasteiger partial charge is 0.384 e. The molecule has 0 saturated carbocycles. The van der Waals surface area contributed by atoms with E-state index >= 15 is 0 Å².